The highest BCUT2D eigenvalue weighted by molar-refractivity contribution is 5.96. The van der Waals surface area contributed by atoms with E-state index in [9.17, 15) is 9.59 Å². The number of piperidine rings is 1. The Bertz CT molecular complexity index is 526. The number of hydrogen-bond donors (Lipinski definition) is 3. The molecule has 0 bridgehead atoms. The third kappa shape index (κ3) is 4.84. The summed E-state index contributed by atoms with van der Waals surface area (Å²) >= 11 is 0. The van der Waals surface area contributed by atoms with Crippen LogP contribution in [0.25, 0.3) is 0 Å². The summed E-state index contributed by atoms with van der Waals surface area (Å²) in [4.78, 5) is 24.2. The van der Waals surface area contributed by atoms with Crippen LogP contribution in [0.4, 0.5) is 5.69 Å². The van der Waals surface area contributed by atoms with Gasteiger partial charge in [-0.2, -0.15) is 0 Å². The first-order valence-corrected chi connectivity index (χ1v) is 7.79. The normalized spacial score (nSPS) is 16.1. The molecule has 1 saturated heterocycles. The molecule has 1 aliphatic rings. The fourth-order valence-corrected chi connectivity index (χ4v) is 2.45. The van der Waals surface area contributed by atoms with E-state index in [-0.39, 0.29) is 23.3 Å². The van der Waals surface area contributed by atoms with Crippen molar-refractivity contribution in [3.05, 3.63) is 29.8 Å². The van der Waals surface area contributed by atoms with Crippen molar-refractivity contribution in [3.63, 3.8) is 0 Å². The summed E-state index contributed by atoms with van der Waals surface area (Å²) in [5.74, 6) is 0.0299. The second-order valence-corrected chi connectivity index (χ2v) is 6.79. The molecule has 2 rings (SSSR count). The van der Waals surface area contributed by atoms with E-state index in [4.69, 9.17) is 0 Å². The zero-order chi connectivity index (χ0) is 16.2. The van der Waals surface area contributed by atoms with E-state index in [1.165, 1.54) is 0 Å². The van der Waals surface area contributed by atoms with Crippen molar-refractivity contribution >= 4 is 17.5 Å². The Morgan fingerprint density at radius 2 is 1.68 bits per heavy atom. The van der Waals surface area contributed by atoms with Crippen LogP contribution < -0.4 is 16.0 Å². The Morgan fingerprint density at radius 3 is 2.23 bits per heavy atom. The quantitative estimate of drug-likeness (QED) is 0.801. The van der Waals surface area contributed by atoms with E-state index in [1.54, 1.807) is 24.3 Å². The zero-order valence-corrected chi connectivity index (χ0v) is 13.5. The molecule has 120 valence electrons. The molecule has 0 spiro atoms. The molecule has 1 aliphatic heterocycles. The van der Waals surface area contributed by atoms with Crippen LogP contribution in [0, 0.1) is 5.92 Å². The van der Waals surface area contributed by atoms with Gasteiger partial charge in [0.25, 0.3) is 5.91 Å². The highest BCUT2D eigenvalue weighted by atomic mass is 16.2. The lowest BCUT2D eigenvalue weighted by atomic mass is 9.97. The van der Waals surface area contributed by atoms with Crippen LogP contribution in [-0.2, 0) is 4.79 Å². The Hall–Kier alpha value is -1.88. The lowest BCUT2D eigenvalue weighted by Crippen LogP contribution is -2.40. The maximum Gasteiger partial charge on any atom is 0.251 e. The van der Waals surface area contributed by atoms with Crippen molar-refractivity contribution in [1.29, 1.82) is 0 Å². The number of hydrogen-bond acceptors (Lipinski definition) is 3. The lowest BCUT2D eigenvalue weighted by molar-refractivity contribution is -0.120. The van der Waals surface area contributed by atoms with E-state index in [0.717, 1.165) is 31.6 Å². The zero-order valence-electron chi connectivity index (χ0n) is 13.5. The third-order valence-electron chi connectivity index (χ3n) is 3.61. The van der Waals surface area contributed by atoms with Gasteiger partial charge in [0, 0.05) is 22.7 Å². The molecule has 0 radical (unpaired) electrons. The minimum absolute atomic E-state index is 0.0633. The maximum absolute atomic E-state index is 12.2. The molecular weight excluding hydrogens is 278 g/mol. The van der Waals surface area contributed by atoms with Crippen molar-refractivity contribution in [1.82, 2.24) is 10.6 Å². The Kier molecular flexibility index (Phi) is 5.19. The smallest absolute Gasteiger partial charge is 0.251 e. The summed E-state index contributed by atoms with van der Waals surface area (Å²) < 4.78 is 0. The number of amides is 2. The number of carbonyl (C=O) groups excluding carboxylic acids is 2. The number of carbonyl (C=O) groups is 2. The molecule has 0 aliphatic carbocycles. The summed E-state index contributed by atoms with van der Waals surface area (Å²) in [6.07, 6.45) is 1.75. The molecule has 5 nitrogen and oxygen atoms in total. The van der Waals surface area contributed by atoms with Gasteiger partial charge in [-0.15, -0.1) is 0 Å². The summed E-state index contributed by atoms with van der Waals surface area (Å²) in [6.45, 7) is 7.61. The molecule has 1 aromatic carbocycles. The van der Waals surface area contributed by atoms with Gasteiger partial charge >= 0.3 is 0 Å². The molecule has 1 fully saturated rings. The first kappa shape index (κ1) is 16.5. The average Bonchev–Trinajstić information content (AvgIpc) is 2.47. The van der Waals surface area contributed by atoms with Crippen molar-refractivity contribution < 1.29 is 9.59 Å². The summed E-state index contributed by atoms with van der Waals surface area (Å²) in [7, 11) is 0. The van der Waals surface area contributed by atoms with Crippen LogP contribution in [0.2, 0.25) is 0 Å². The molecule has 0 aromatic heterocycles. The molecule has 2 amide bonds. The van der Waals surface area contributed by atoms with Crippen LogP contribution in [-0.4, -0.2) is 30.4 Å². The van der Waals surface area contributed by atoms with Crippen LogP contribution in [0.5, 0.6) is 0 Å². The second-order valence-electron chi connectivity index (χ2n) is 6.79. The maximum atomic E-state index is 12.2. The van der Waals surface area contributed by atoms with Gasteiger partial charge in [0.15, 0.2) is 0 Å². The fourth-order valence-electron chi connectivity index (χ4n) is 2.45. The van der Waals surface area contributed by atoms with Gasteiger partial charge in [-0.1, -0.05) is 0 Å². The van der Waals surface area contributed by atoms with E-state index < -0.39 is 0 Å². The average molecular weight is 303 g/mol. The predicted octanol–water partition coefficient (Wildman–Crippen LogP) is 2.15. The minimum Gasteiger partial charge on any atom is -0.347 e. The standard InChI is InChI=1S/C17H25N3O2/c1-17(2,3)20-16(22)12-4-6-14(7-5-12)19-15(21)13-8-10-18-11-9-13/h4-7,13,18H,8-11H2,1-3H3,(H,19,21)(H,20,22). The number of anilines is 1. The molecule has 0 saturated carbocycles. The van der Waals surface area contributed by atoms with Crippen molar-refractivity contribution in [3.8, 4) is 0 Å². The van der Waals surface area contributed by atoms with Gasteiger partial charge < -0.3 is 16.0 Å². The Labute approximate surface area is 131 Å². The lowest BCUT2D eigenvalue weighted by Gasteiger charge is -2.22. The first-order chi connectivity index (χ1) is 10.3. The van der Waals surface area contributed by atoms with E-state index in [2.05, 4.69) is 16.0 Å². The van der Waals surface area contributed by atoms with Crippen molar-refractivity contribution in [2.75, 3.05) is 18.4 Å². The largest absolute Gasteiger partial charge is 0.347 e. The van der Waals surface area contributed by atoms with Gasteiger partial charge in [-0.3, -0.25) is 9.59 Å². The van der Waals surface area contributed by atoms with Gasteiger partial charge in [-0.05, 0) is 71.0 Å². The highest BCUT2D eigenvalue weighted by Gasteiger charge is 2.21. The first-order valence-electron chi connectivity index (χ1n) is 7.79. The molecule has 1 aromatic rings. The SMILES string of the molecule is CC(C)(C)NC(=O)c1ccc(NC(=O)C2CCNCC2)cc1. The van der Waals surface area contributed by atoms with Crippen LogP contribution in [0.1, 0.15) is 44.0 Å². The molecule has 0 unspecified atom stereocenters. The summed E-state index contributed by atoms with van der Waals surface area (Å²) in [5, 5.41) is 9.09. The molecule has 5 heteroatoms. The molecule has 1 heterocycles. The van der Waals surface area contributed by atoms with Gasteiger partial charge in [0.2, 0.25) is 5.91 Å². The number of benzene rings is 1. The second kappa shape index (κ2) is 6.92. The highest BCUT2D eigenvalue weighted by Crippen LogP contribution is 2.16. The molecule has 22 heavy (non-hydrogen) atoms. The van der Waals surface area contributed by atoms with Crippen molar-refractivity contribution in [2.24, 2.45) is 5.92 Å². The monoisotopic (exact) mass is 303 g/mol. The molecular formula is C17H25N3O2. The third-order valence-corrected chi connectivity index (χ3v) is 3.61. The van der Waals surface area contributed by atoms with E-state index >= 15 is 0 Å². The predicted molar refractivity (Wildman–Crippen MR) is 87.9 cm³/mol. The molecule has 0 atom stereocenters. The van der Waals surface area contributed by atoms with Crippen molar-refractivity contribution in [2.45, 2.75) is 39.2 Å². The molecule has 3 N–H and O–H groups in total. The summed E-state index contributed by atoms with van der Waals surface area (Å²) in [5.41, 5.74) is 1.06. The van der Waals surface area contributed by atoms with Crippen LogP contribution >= 0.6 is 0 Å². The van der Waals surface area contributed by atoms with Crippen LogP contribution in [0.15, 0.2) is 24.3 Å². The topological polar surface area (TPSA) is 70.2 Å². The summed E-state index contributed by atoms with van der Waals surface area (Å²) in [6, 6.07) is 7.02. The minimum atomic E-state index is -0.265. The Balaban J connectivity index is 1.94. The van der Waals surface area contributed by atoms with Gasteiger partial charge in [-0.25, -0.2) is 0 Å². The fraction of sp³-hybridized carbons (Fsp3) is 0.529. The Morgan fingerprint density at radius 1 is 1.09 bits per heavy atom. The number of nitrogens with one attached hydrogen (secondary N) is 3. The van der Waals surface area contributed by atoms with E-state index in [1.807, 2.05) is 20.8 Å². The van der Waals surface area contributed by atoms with Crippen LogP contribution in [0.3, 0.4) is 0 Å². The number of rotatable bonds is 3. The van der Waals surface area contributed by atoms with Gasteiger partial charge in [0.05, 0.1) is 0 Å². The van der Waals surface area contributed by atoms with E-state index in [0.29, 0.717) is 5.56 Å². The van der Waals surface area contributed by atoms with Gasteiger partial charge in [0.1, 0.15) is 0 Å².